The van der Waals surface area contributed by atoms with Crippen LogP contribution in [0.4, 0.5) is 10.1 Å². The van der Waals surface area contributed by atoms with Gasteiger partial charge in [0.1, 0.15) is 5.82 Å². The van der Waals surface area contributed by atoms with E-state index in [-0.39, 0.29) is 10.8 Å². The summed E-state index contributed by atoms with van der Waals surface area (Å²) < 4.78 is 13.6. The van der Waals surface area contributed by atoms with E-state index in [4.69, 9.17) is 11.6 Å². The number of aryl methyl sites for hydroxylation is 1. The summed E-state index contributed by atoms with van der Waals surface area (Å²) >= 11 is 7.33. The van der Waals surface area contributed by atoms with E-state index >= 15 is 0 Å². The van der Waals surface area contributed by atoms with Gasteiger partial charge in [-0.25, -0.2) is 4.39 Å². The number of anilines is 1. The van der Waals surface area contributed by atoms with Crippen molar-refractivity contribution in [3.63, 3.8) is 0 Å². The molecule has 0 bridgehead atoms. The second-order valence-corrected chi connectivity index (χ2v) is 4.69. The highest BCUT2D eigenvalue weighted by molar-refractivity contribution is 7.08. The summed E-state index contributed by atoms with van der Waals surface area (Å²) in [4.78, 5) is 0. The Morgan fingerprint density at radius 2 is 2.19 bits per heavy atom. The molecule has 0 saturated carbocycles. The first-order chi connectivity index (χ1) is 7.68. The van der Waals surface area contributed by atoms with Crippen molar-refractivity contribution >= 4 is 28.6 Å². The Bertz CT molecular complexity index is 496. The third-order valence-electron chi connectivity index (χ3n) is 2.36. The molecule has 0 spiro atoms. The number of halogens is 2. The molecule has 2 rings (SSSR count). The monoisotopic (exact) mass is 255 g/mol. The molecular weight excluding hydrogens is 245 g/mol. The Morgan fingerprint density at radius 3 is 2.88 bits per heavy atom. The lowest BCUT2D eigenvalue weighted by atomic mass is 10.2. The molecule has 1 aromatic carbocycles. The van der Waals surface area contributed by atoms with Gasteiger partial charge in [-0.2, -0.15) is 0 Å². The molecule has 1 aromatic heterocycles. The number of benzene rings is 1. The molecule has 0 aliphatic rings. The molecule has 4 heteroatoms. The maximum Gasteiger partial charge on any atom is 0.146 e. The number of thiophene rings is 1. The molecule has 0 unspecified atom stereocenters. The van der Waals surface area contributed by atoms with E-state index in [2.05, 4.69) is 10.7 Å². The van der Waals surface area contributed by atoms with Crippen LogP contribution in [-0.4, -0.2) is 0 Å². The van der Waals surface area contributed by atoms with Crippen LogP contribution >= 0.6 is 22.9 Å². The highest BCUT2D eigenvalue weighted by atomic mass is 35.5. The van der Waals surface area contributed by atoms with Crippen molar-refractivity contribution in [1.29, 1.82) is 0 Å². The maximum absolute atomic E-state index is 13.6. The zero-order valence-electron chi connectivity index (χ0n) is 8.76. The van der Waals surface area contributed by atoms with Crippen molar-refractivity contribution < 1.29 is 4.39 Å². The molecule has 0 amide bonds. The molecule has 0 fully saturated rings. The topological polar surface area (TPSA) is 12.0 Å². The lowest BCUT2D eigenvalue weighted by Crippen LogP contribution is -2.02. The molecule has 1 nitrogen and oxygen atoms in total. The van der Waals surface area contributed by atoms with Gasteiger partial charge in [-0.15, -0.1) is 11.3 Å². The van der Waals surface area contributed by atoms with Crippen molar-refractivity contribution in [2.45, 2.75) is 13.5 Å². The minimum absolute atomic E-state index is 0.168. The molecule has 0 aliphatic heterocycles. The smallest absolute Gasteiger partial charge is 0.146 e. The van der Waals surface area contributed by atoms with E-state index in [1.807, 2.05) is 12.3 Å². The second kappa shape index (κ2) is 4.85. The number of hydrogen-bond acceptors (Lipinski definition) is 2. The predicted molar refractivity (Wildman–Crippen MR) is 67.8 cm³/mol. The summed E-state index contributed by atoms with van der Waals surface area (Å²) in [5, 5.41) is 7.42. The van der Waals surface area contributed by atoms with Crippen LogP contribution in [0.5, 0.6) is 0 Å². The standard InChI is InChI=1S/C12H11ClFNS/c1-8-6-16-7-11(8)15-5-9-3-2-4-10(13)12(9)14/h2-4,6-7,15H,5H2,1H3. The van der Waals surface area contributed by atoms with Gasteiger partial charge in [-0.05, 0) is 23.9 Å². The van der Waals surface area contributed by atoms with Gasteiger partial charge in [0, 0.05) is 23.2 Å². The molecule has 1 heterocycles. The first kappa shape index (κ1) is 11.4. The van der Waals surface area contributed by atoms with Crippen molar-refractivity contribution in [1.82, 2.24) is 0 Å². The van der Waals surface area contributed by atoms with Gasteiger partial charge in [0.2, 0.25) is 0 Å². The fraction of sp³-hybridized carbons (Fsp3) is 0.167. The van der Waals surface area contributed by atoms with Gasteiger partial charge in [-0.1, -0.05) is 23.7 Å². The average molecular weight is 256 g/mol. The Hall–Kier alpha value is -1.06. The number of rotatable bonds is 3. The summed E-state index contributed by atoms with van der Waals surface area (Å²) in [6, 6.07) is 5.04. The third-order valence-corrected chi connectivity index (χ3v) is 3.51. The normalized spacial score (nSPS) is 10.4. The fourth-order valence-corrected chi connectivity index (χ4v) is 2.42. The van der Waals surface area contributed by atoms with Crippen LogP contribution in [0, 0.1) is 12.7 Å². The Morgan fingerprint density at radius 1 is 1.38 bits per heavy atom. The highest BCUT2D eigenvalue weighted by Gasteiger charge is 2.06. The average Bonchev–Trinajstić information content (AvgIpc) is 2.67. The van der Waals surface area contributed by atoms with Crippen LogP contribution < -0.4 is 5.32 Å². The number of nitrogens with one attached hydrogen (secondary N) is 1. The van der Waals surface area contributed by atoms with Crippen LogP contribution in [0.2, 0.25) is 5.02 Å². The van der Waals surface area contributed by atoms with E-state index in [0.717, 1.165) is 5.69 Å². The summed E-state index contributed by atoms with van der Waals surface area (Å²) in [5.41, 5.74) is 2.80. The van der Waals surface area contributed by atoms with E-state index in [9.17, 15) is 4.39 Å². The first-order valence-electron chi connectivity index (χ1n) is 4.88. The van der Waals surface area contributed by atoms with Gasteiger partial charge < -0.3 is 5.32 Å². The molecule has 0 atom stereocenters. The SMILES string of the molecule is Cc1cscc1NCc1cccc(Cl)c1F. The zero-order valence-corrected chi connectivity index (χ0v) is 10.3. The Labute approximate surface area is 103 Å². The van der Waals surface area contributed by atoms with Crippen LogP contribution in [0.25, 0.3) is 0 Å². The van der Waals surface area contributed by atoms with Crippen molar-refractivity contribution in [2.75, 3.05) is 5.32 Å². The second-order valence-electron chi connectivity index (χ2n) is 3.53. The van der Waals surface area contributed by atoms with Gasteiger partial charge in [0.05, 0.1) is 5.02 Å². The van der Waals surface area contributed by atoms with E-state index < -0.39 is 0 Å². The molecule has 0 saturated heterocycles. The lowest BCUT2D eigenvalue weighted by Gasteiger charge is -2.07. The highest BCUT2D eigenvalue weighted by Crippen LogP contribution is 2.22. The largest absolute Gasteiger partial charge is 0.380 e. The Kier molecular flexibility index (Phi) is 3.46. The van der Waals surface area contributed by atoms with Gasteiger partial charge >= 0.3 is 0 Å². The predicted octanol–water partition coefficient (Wildman–Crippen LogP) is 4.46. The third kappa shape index (κ3) is 2.36. The van der Waals surface area contributed by atoms with Crippen LogP contribution in [0.15, 0.2) is 29.0 Å². The van der Waals surface area contributed by atoms with Crippen molar-refractivity contribution in [3.8, 4) is 0 Å². The summed E-state index contributed by atoms with van der Waals surface area (Å²) in [6.07, 6.45) is 0. The van der Waals surface area contributed by atoms with Gasteiger partial charge in [0.25, 0.3) is 0 Å². The molecule has 2 aromatic rings. The lowest BCUT2D eigenvalue weighted by molar-refractivity contribution is 0.613. The van der Waals surface area contributed by atoms with Gasteiger partial charge in [0.15, 0.2) is 0 Å². The van der Waals surface area contributed by atoms with Crippen molar-refractivity contribution in [3.05, 3.63) is 50.9 Å². The fourth-order valence-electron chi connectivity index (χ4n) is 1.42. The molecule has 16 heavy (non-hydrogen) atoms. The quantitative estimate of drug-likeness (QED) is 0.854. The van der Waals surface area contributed by atoms with E-state index in [0.29, 0.717) is 12.1 Å². The maximum atomic E-state index is 13.6. The summed E-state index contributed by atoms with van der Waals surface area (Å²) in [6.45, 7) is 2.47. The number of hydrogen-bond donors (Lipinski definition) is 1. The Balaban J connectivity index is 2.11. The minimum atomic E-state index is -0.343. The summed E-state index contributed by atoms with van der Waals surface area (Å²) in [7, 11) is 0. The first-order valence-corrected chi connectivity index (χ1v) is 6.20. The van der Waals surface area contributed by atoms with Crippen LogP contribution in [-0.2, 0) is 6.54 Å². The van der Waals surface area contributed by atoms with E-state index in [1.54, 1.807) is 29.5 Å². The molecule has 84 valence electrons. The molecular formula is C12H11ClFNS. The van der Waals surface area contributed by atoms with E-state index in [1.165, 1.54) is 5.56 Å². The zero-order chi connectivity index (χ0) is 11.5. The van der Waals surface area contributed by atoms with Crippen molar-refractivity contribution in [2.24, 2.45) is 0 Å². The van der Waals surface area contributed by atoms with Crippen LogP contribution in [0.3, 0.4) is 0 Å². The summed E-state index contributed by atoms with van der Waals surface area (Å²) in [5.74, 6) is -0.343. The minimum Gasteiger partial charge on any atom is -0.380 e. The molecule has 0 aliphatic carbocycles. The molecule has 0 radical (unpaired) electrons. The van der Waals surface area contributed by atoms with Gasteiger partial charge in [-0.3, -0.25) is 0 Å². The molecule has 1 N–H and O–H groups in total. The van der Waals surface area contributed by atoms with Crippen LogP contribution in [0.1, 0.15) is 11.1 Å².